The van der Waals surface area contributed by atoms with Gasteiger partial charge in [-0.15, -0.1) is 0 Å². The van der Waals surface area contributed by atoms with E-state index in [9.17, 15) is 14.7 Å². The highest BCUT2D eigenvalue weighted by Crippen LogP contribution is 2.27. The van der Waals surface area contributed by atoms with E-state index < -0.39 is 12.0 Å². The van der Waals surface area contributed by atoms with Crippen molar-refractivity contribution in [1.29, 1.82) is 0 Å². The number of thioether (sulfide) groups is 1. The first kappa shape index (κ1) is 19.2. The second kappa shape index (κ2) is 9.99. The van der Waals surface area contributed by atoms with Gasteiger partial charge in [0.1, 0.15) is 6.04 Å². The molecule has 0 saturated heterocycles. The Morgan fingerprint density at radius 3 is 2.52 bits per heavy atom. The third kappa shape index (κ3) is 6.40. The number of rotatable bonds is 10. The number of ether oxygens (including phenoxy) is 2. The summed E-state index contributed by atoms with van der Waals surface area (Å²) in [6.07, 6.45) is 0.497. The van der Waals surface area contributed by atoms with Crippen LogP contribution in [-0.2, 0) is 16.0 Å². The van der Waals surface area contributed by atoms with Crippen molar-refractivity contribution in [3.05, 3.63) is 23.8 Å². The molecule has 1 atom stereocenters. The average Bonchev–Trinajstić information content (AvgIpc) is 2.53. The van der Waals surface area contributed by atoms with Gasteiger partial charge in [-0.05, 0) is 35.6 Å². The smallest absolute Gasteiger partial charge is 0.326 e. The normalized spacial score (nSPS) is 11.6. The van der Waals surface area contributed by atoms with E-state index in [4.69, 9.17) is 9.47 Å². The summed E-state index contributed by atoms with van der Waals surface area (Å²) in [7, 11) is 3.06. The largest absolute Gasteiger partial charge is 0.493 e. The van der Waals surface area contributed by atoms with Gasteiger partial charge in [0, 0.05) is 0 Å². The van der Waals surface area contributed by atoms with E-state index in [0.29, 0.717) is 23.7 Å². The quantitative estimate of drug-likeness (QED) is 0.633. The van der Waals surface area contributed by atoms with Gasteiger partial charge in [-0.1, -0.05) is 13.0 Å². The SMILES string of the molecule is CCSCCC(NC(=O)Cc1ccc(OC)c(OC)c1)C(=O)O. The summed E-state index contributed by atoms with van der Waals surface area (Å²) in [5.41, 5.74) is 0.729. The van der Waals surface area contributed by atoms with Gasteiger partial charge < -0.3 is 19.9 Å². The van der Waals surface area contributed by atoms with Crippen molar-refractivity contribution in [2.45, 2.75) is 25.8 Å². The van der Waals surface area contributed by atoms with Gasteiger partial charge in [0.05, 0.1) is 20.6 Å². The summed E-state index contributed by atoms with van der Waals surface area (Å²) in [5.74, 6) is 1.40. The van der Waals surface area contributed by atoms with Crippen LogP contribution in [0.25, 0.3) is 0 Å². The number of aliphatic carboxylic acids is 1. The summed E-state index contributed by atoms with van der Waals surface area (Å²) in [5, 5.41) is 11.7. The van der Waals surface area contributed by atoms with Crippen LogP contribution in [0.2, 0.25) is 0 Å². The van der Waals surface area contributed by atoms with Crippen molar-refractivity contribution in [3.8, 4) is 11.5 Å². The molecule has 2 N–H and O–H groups in total. The Bertz CT molecular complexity index is 535. The van der Waals surface area contributed by atoms with E-state index in [1.165, 1.54) is 14.2 Å². The van der Waals surface area contributed by atoms with Crippen LogP contribution in [0.1, 0.15) is 18.9 Å². The Balaban J connectivity index is 2.65. The van der Waals surface area contributed by atoms with E-state index in [1.54, 1.807) is 30.0 Å². The fraction of sp³-hybridized carbons (Fsp3) is 0.500. The van der Waals surface area contributed by atoms with Crippen LogP contribution >= 0.6 is 11.8 Å². The molecule has 1 rings (SSSR count). The lowest BCUT2D eigenvalue weighted by Gasteiger charge is -2.15. The summed E-state index contributed by atoms with van der Waals surface area (Å²) in [6, 6.07) is 4.32. The lowest BCUT2D eigenvalue weighted by atomic mass is 10.1. The van der Waals surface area contributed by atoms with E-state index in [1.807, 2.05) is 6.92 Å². The lowest BCUT2D eigenvalue weighted by Crippen LogP contribution is -2.41. The Morgan fingerprint density at radius 2 is 1.96 bits per heavy atom. The number of methoxy groups -OCH3 is 2. The minimum absolute atomic E-state index is 0.0883. The van der Waals surface area contributed by atoms with Crippen LogP contribution in [-0.4, -0.2) is 48.8 Å². The van der Waals surface area contributed by atoms with Gasteiger partial charge >= 0.3 is 5.97 Å². The molecule has 1 aromatic rings. The molecule has 0 aromatic heterocycles. The second-order valence-corrected chi connectivity index (χ2v) is 6.20. The summed E-state index contributed by atoms with van der Waals surface area (Å²) in [6.45, 7) is 2.01. The zero-order valence-corrected chi connectivity index (χ0v) is 14.4. The summed E-state index contributed by atoms with van der Waals surface area (Å²) < 4.78 is 10.3. The van der Waals surface area contributed by atoms with Gasteiger partial charge in [0.25, 0.3) is 0 Å². The maximum atomic E-state index is 12.1. The minimum atomic E-state index is -1.01. The third-order valence-electron chi connectivity index (χ3n) is 3.20. The standard InChI is InChI=1S/C16H23NO5S/c1-4-23-8-7-12(16(19)20)17-15(18)10-11-5-6-13(21-2)14(9-11)22-3/h5-6,9,12H,4,7-8,10H2,1-3H3,(H,17,18)(H,19,20). The molecule has 1 unspecified atom stereocenters. The van der Waals surface area contributed by atoms with Gasteiger partial charge in [0.2, 0.25) is 5.91 Å². The highest BCUT2D eigenvalue weighted by Gasteiger charge is 2.19. The topological polar surface area (TPSA) is 84.9 Å². The predicted octanol–water partition coefficient (Wildman–Crippen LogP) is 1.96. The highest BCUT2D eigenvalue weighted by molar-refractivity contribution is 7.99. The van der Waals surface area contributed by atoms with Crippen molar-refractivity contribution in [2.24, 2.45) is 0 Å². The molecule has 23 heavy (non-hydrogen) atoms. The molecule has 0 spiro atoms. The number of amides is 1. The van der Waals surface area contributed by atoms with Crippen molar-refractivity contribution < 1.29 is 24.2 Å². The van der Waals surface area contributed by atoms with Crippen LogP contribution in [0.4, 0.5) is 0 Å². The molecule has 0 aliphatic heterocycles. The zero-order valence-electron chi connectivity index (χ0n) is 13.6. The number of carboxylic acids is 1. The molecule has 0 fully saturated rings. The maximum Gasteiger partial charge on any atom is 0.326 e. The Hall–Kier alpha value is -1.89. The van der Waals surface area contributed by atoms with Crippen LogP contribution in [0, 0.1) is 0 Å². The first-order valence-corrected chi connectivity index (χ1v) is 8.48. The minimum Gasteiger partial charge on any atom is -0.493 e. The number of hydrogen-bond acceptors (Lipinski definition) is 5. The monoisotopic (exact) mass is 341 g/mol. The van der Waals surface area contributed by atoms with E-state index in [-0.39, 0.29) is 12.3 Å². The first-order valence-electron chi connectivity index (χ1n) is 7.32. The van der Waals surface area contributed by atoms with Crippen molar-refractivity contribution >= 4 is 23.6 Å². The van der Waals surface area contributed by atoms with Crippen LogP contribution in [0.5, 0.6) is 11.5 Å². The Labute approximate surface area is 140 Å². The number of nitrogens with one attached hydrogen (secondary N) is 1. The fourth-order valence-corrected chi connectivity index (χ4v) is 2.72. The van der Waals surface area contributed by atoms with E-state index >= 15 is 0 Å². The van der Waals surface area contributed by atoms with Crippen molar-refractivity contribution in [3.63, 3.8) is 0 Å². The number of carboxylic acid groups (broad SMARTS) is 1. The molecular formula is C16H23NO5S. The fourth-order valence-electron chi connectivity index (χ4n) is 2.02. The molecule has 0 aliphatic carbocycles. The molecule has 128 valence electrons. The molecule has 0 aliphatic rings. The van der Waals surface area contributed by atoms with Gasteiger partial charge in [-0.2, -0.15) is 11.8 Å². The third-order valence-corrected chi connectivity index (χ3v) is 4.13. The predicted molar refractivity (Wildman–Crippen MR) is 90.4 cm³/mol. The molecule has 0 heterocycles. The summed E-state index contributed by atoms with van der Waals surface area (Å²) >= 11 is 1.65. The van der Waals surface area contributed by atoms with Gasteiger partial charge in [-0.25, -0.2) is 4.79 Å². The molecule has 1 amide bonds. The van der Waals surface area contributed by atoms with Crippen molar-refractivity contribution in [2.75, 3.05) is 25.7 Å². The van der Waals surface area contributed by atoms with Crippen molar-refractivity contribution in [1.82, 2.24) is 5.32 Å². The summed E-state index contributed by atoms with van der Waals surface area (Å²) in [4.78, 5) is 23.3. The van der Waals surface area contributed by atoms with Crippen LogP contribution in [0.15, 0.2) is 18.2 Å². The first-order chi connectivity index (χ1) is 11.0. The number of benzene rings is 1. The van der Waals surface area contributed by atoms with E-state index in [0.717, 1.165) is 11.3 Å². The average molecular weight is 341 g/mol. The van der Waals surface area contributed by atoms with Gasteiger partial charge in [0.15, 0.2) is 11.5 Å². The molecule has 0 saturated carbocycles. The molecule has 1 aromatic carbocycles. The number of carbonyl (C=O) groups excluding carboxylic acids is 1. The maximum absolute atomic E-state index is 12.1. The number of carbonyl (C=O) groups is 2. The Kier molecular flexibility index (Phi) is 8.32. The number of hydrogen-bond donors (Lipinski definition) is 2. The Morgan fingerprint density at radius 1 is 1.26 bits per heavy atom. The molecule has 7 heteroatoms. The van der Waals surface area contributed by atoms with Crippen LogP contribution in [0.3, 0.4) is 0 Å². The highest BCUT2D eigenvalue weighted by atomic mass is 32.2. The van der Waals surface area contributed by atoms with Crippen LogP contribution < -0.4 is 14.8 Å². The second-order valence-electron chi connectivity index (χ2n) is 4.81. The molecular weight excluding hydrogens is 318 g/mol. The van der Waals surface area contributed by atoms with Gasteiger partial charge in [-0.3, -0.25) is 4.79 Å². The molecule has 6 nitrogen and oxygen atoms in total. The molecule has 0 bridgehead atoms. The lowest BCUT2D eigenvalue weighted by molar-refractivity contribution is -0.141. The van der Waals surface area contributed by atoms with E-state index in [2.05, 4.69) is 5.32 Å². The molecule has 0 radical (unpaired) electrons. The zero-order chi connectivity index (χ0) is 17.2.